The van der Waals surface area contributed by atoms with Crippen molar-refractivity contribution in [3.8, 4) is 22.6 Å². The number of hydrogen-bond acceptors (Lipinski definition) is 5. The number of amides is 1. The second kappa shape index (κ2) is 8.36. The molecule has 0 aliphatic carbocycles. The molecule has 4 rings (SSSR count). The van der Waals surface area contributed by atoms with Gasteiger partial charge in [0.25, 0.3) is 5.91 Å². The number of anilines is 1. The van der Waals surface area contributed by atoms with Gasteiger partial charge in [-0.2, -0.15) is 0 Å². The smallest absolute Gasteiger partial charge is 0.344 e. The minimum absolute atomic E-state index is 0.0644. The summed E-state index contributed by atoms with van der Waals surface area (Å²) in [6.45, 7) is 1.98. The van der Waals surface area contributed by atoms with Crippen LogP contribution in [0.25, 0.3) is 21.9 Å². The normalized spacial score (nSPS) is 10.7. The average molecular weight is 415 g/mol. The molecule has 1 aromatic heterocycles. The molecule has 0 aliphatic heterocycles. The Morgan fingerprint density at radius 3 is 2.29 bits per heavy atom. The molecule has 1 heterocycles. The van der Waals surface area contributed by atoms with Crippen LogP contribution in [0.15, 0.2) is 75.9 Å². The van der Waals surface area contributed by atoms with Gasteiger partial charge in [0, 0.05) is 17.0 Å². The van der Waals surface area contributed by atoms with E-state index in [2.05, 4.69) is 5.32 Å². The van der Waals surface area contributed by atoms with Crippen LogP contribution in [0.2, 0.25) is 0 Å². The number of rotatable bonds is 5. The summed E-state index contributed by atoms with van der Waals surface area (Å²) in [6.07, 6.45) is 0. The summed E-state index contributed by atoms with van der Waals surface area (Å²) in [6, 6.07) is 19.8. The third-order valence-corrected chi connectivity index (χ3v) is 5.04. The van der Waals surface area contributed by atoms with E-state index in [0.717, 1.165) is 11.1 Å². The number of methoxy groups -OCH3 is 2. The first-order valence-electron chi connectivity index (χ1n) is 9.68. The van der Waals surface area contributed by atoms with Gasteiger partial charge in [-0.25, -0.2) is 4.79 Å². The highest BCUT2D eigenvalue weighted by Gasteiger charge is 2.22. The van der Waals surface area contributed by atoms with E-state index in [1.54, 1.807) is 37.4 Å². The maximum atomic E-state index is 13.3. The molecule has 1 amide bonds. The molecule has 0 spiro atoms. The van der Waals surface area contributed by atoms with Crippen molar-refractivity contribution in [3.63, 3.8) is 0 Å². The first kappa shape index (κ1) is 20.2. The third-order valence-electron chi connectivity index (χ3n) is 5.04. The Hall–Kier alpha value is -4.06. The van der Waals surface area contributed by atoms with Crippen LogP contribution in [-0.2, 0) is 0 Å². The average Bonchev–Trinajstić information content (AvgIpc) is 2.80. The molecule has 0 aliphatic rings. The minimum Gasteiger partial charge on any atom is -0.497 e. The monoisotopic (exact) mass is 415 g/mol. The van der Waals surface area contributed by atoms with Gasteiger partial charge in [0.15, 0.2) is 0 Å². The van der Waals surface area contributed by atoms with Crippen LogP contribution >= 0.6 is 0 Å². The maximum Gasteiger partial charge on any atom is 0.344 e. The standard InChI is InChI=1S/C25H21NO5/c1-15-8-10-16(11-9-15)22-18-6-4-5-7-19(18)25(28)31-23(22)24(27)26-20-13-12-17(29-2)14-21(20)30-3/h4-14H,1-3H3,(H,26,27). The molecule has 0 bridgehead atoms. The van der Waals surface area contributed by atoms with Gasteiger partial charge in [0.2, 0.25) is 5.76 Å². The van der Waals surface area contributed by atoms with Crippen molar-refractivity contribution in [2.45, 2.75) is 6.92 Å². The Balaban J connectivity index is 1.87. The van der Waals surface area contributed by atoms with Crippen molar-refractivity contribution < 1.29 is 18.7 Å². The molecule has 1 N–H and O–H groups in total. The van der Waals surface area contributed by atoms with E-state index < -0.39 is 11.5 Å². The number of carbonyl (C=O) groups is 1. The topological polar surface area (TPSA) is 77.8 Å². The van der Waals surface area contributed by atoms with Gasteiger partial charge in [-0.3, -0.25) is 4.79 Å². The van der Waals surface area contributed by atoms with Gasteiger partial charge < -0.3 is 19.2 Å². The van der Waals surface area contributed by atoms with E-state index >= 15 is 0 Å². The highest BCUT2D eigenvalue weighted by molar-refractivity contribution is 6.12. The number of ether oxygens (including phenoxy) is 2. The molecule has 0 radical (unpaired) electrons. The molecule has 156 valence electrons. The van der Waals surface area contributed by atoms with Crippen molar-refractivity contribution in [1.29, 1.82) is 0 Å². The summed E-state index contributed by atoms with van der Waals surface area (Å²) in [4.78, 5) is 25.9. The molecule has 0 saturated carbocycles. The Morgan fingerprint density at radius 1 is 0.903 bits per heavy atom. The lowest BCUT2D eigenvalue weighted by Gasteiger charge is -2.14. The van der Waals surface area contributed by atoms with Crippen LogP contribution in [-0.4, -0.2) is 20.1 Å². The number of fused-ring (bicyclic) bond motifs is 1. The molecule has 3 aromatic carbocycles. The van der Waals surface area contributed by atoms with Crippen molar-refractivity contribution in [2.24, 2.45) is 0 Å². The molecule has 0 unspecified atom stereocenters. The largest absolute Gasteiger partial charge is 0.497 e. The summed E-state index contributed by atoms with van der Waals surface area (Å²) in [5.41, 5.74) is 2.27. The molecule has 0 atom stereocenters. The highest BCUT2D eigenvalue weighted by atomic mass is 16.5. The summed E-state index contributed by atoms with van der Waals surface area (Å²) in [7, 11) is 3.04. The SMILES string of the molecule is COc1ccc(NC(=O)c2oc(=O)c3ccccc3c2-c2ccc(C)cc2)c(OC)c1. The molecule has 4 aromatic rings. The molecule has 6 heteroatoms. The number of carbonyl (C=O) groups excluding carboxylic acids is 1. The summed E-state index contributed by atoms with van der Waals surface area (Å²) >= 11 is 0. The van der Waals surface area contributed by atoms with Crippen molar-refractivity contribution in [2.75, 3.05) is 19.5 Å². The first-order chi connectivity index (χ1) is 15.0. The summed E-state index contributed by atoms with van der Waals surface area (Å²) in [5.74, 6) is 0.396. The van der Waals surface area contributed by atoms with E-state index in [0.29, 0.717) is 33.5 Å². The van der Waals surface area contributed by atoms with Gasteiger partial charge in [-0.15, -0.1) is 0 Å². The molecule has 0 saturated heterocycles. The zero-order valence-electron chi connectivity index (χ0n) is 17.4. The Bertz CT molecular complexity index is 1320. The third kappa shape index (κ3) is 3.88. The van der Waals surface area contributed by atoms with Gasteiger partial charge in [0.1, 0.15) is 11.5 Å². The minimum atomic E-state index is -0.571. The molecule has 0 fully saturated rings. The fourth-order valence-corrected chi connectivity index (χ4v) is 3.45. The fraction of sp³-hybridized carbons (Fsp3) is 0.120. The van der Waals surface area contributed by atoms with E-state index in [9.17, 15) is 9.59 Å². The van der Waals surface area contributed by atoms with Gasteiger partial charge in [-0.05, 0) is 30.7 Å². The van der Waals surface area contributed by atoms with Crippen molar-refractivity contribution in [3.05, 3.63) is 88.5 Å². The van der Waals surface area contributed by atoms with Gasteiger partial charge in [0.05, 0.1) is 25.3 Å². The van der Waals surface area contributed by atoms with Crippen molar-refractivity contribution >= 4 is 22.4 Å². The van der Waals surface area contributed by atoms with Gasteiger partial charge in [-0.1, -0.05) is 48.0 Å². The zero-order valence-corrected chi connectivity index (χ0v) is 17.4. The zero-order chi connectivity index (χ0) is 22.0. The van der Waals surface area contributed by atoms with E-state index in [1.165, 1.54) is 7.11 Å². The molecular weight excluding hydrogens is 394 g/mol. The van der Waals surface area contributed by atoms with Crippen molar-refractivity contribution in [1.82, 2.24) is 0 Å². The second-order valence-electron chi connectivity index (χ2n) is 7.03. The quantitative estimate of drug-likeness (QED) is 0.494. The maximum absolute atomic E-state index is 13.3. The lowest BCUT2D eigenvalue weighted by molar-refractivity contribution is 0.0993. The highest BCUT2D eigenvalue weighted by Crippen LogP contribution is 2.33. The first-order valence-corrected chi connectivity index (χ1v) is 9.68. The Kier molecular flexibility index (Phi) is 5.45. The Morgan fingerprint density at radius 2 is 1.61 bits per heavy atom. The number of nitrogens with one attached hydrogen (secondary N) is 1. The summed E-state index contributed by atoms with van der Waals surface area (Å²) < 4.78 is 16.1. The van der Waals surface area contributed by atoms with E-state index in [4.69, 9.17) is 13.9 Å². The van der Waals surface area contributed by atoms with Crippen LogP contribution in [0.5, 0.6) is 11.5 Å². The predicted molar refractivity (Wildman–Crippen MR) is 120 cm³/mol. The lowest BCUT2D eigenvalue weighted by Crippen LogP contribution is -2.17. The van der Waals surface area contributed by atoms with Crippen LogP contribution in [0.3, 0.4) is 0 Å². The number of hydrogen-bond donors (Lipinski definition) is 1. The van der Waals surface area contributed by atoms with E-state index in [-0.39, 0.29) is 5.76 Å². The lowest BCUT2D eigenvalue weighted by atomic mass is 9.97. The van der Waals surface area contributed by atoms with Crippen LogP contribution in [0, 0.1) is 6.92 Å². The summed E-state index contributed by atoms with van der Waals surface area (Å²) in [5, 5.41) is 3.85. The van der Waals surface area contributed by atoms with Crippen LogP contribution in [0.1, 0.15) is 16.1 Å². The molecular formula is C25H21NO5. The fourth-order valence-electron chi connectivity index (χ4n) is 3.45. The Labute approximate surface area is 179 Å². The van der Waals surface area contributed by atoms with Crippen LogP contribution in [0.4, 0.5) is 5.69 Å². The number of aryl methyl sites for hydroxylation is 1. The second-order valence-corrected chi connectivity index (χ2v) is 7.03. The van der Waals surface area contributed by atoms with E-state index in [1.807, 2.05) is 43.3 Å². The molecule has 31 heavy (non-hydrogen) atoms. The van der Waals surface area contributed by atoms with Gasteiger partial charge >= 0.3 is 5.63 Å². The predicted octanol–water partition coefficient (Wildman–Crippen LogP) is 5.04. The van der Waals surface area contributed by atoms with Crippen LogP contribution < -0.4 is 20.4 Å². The number of benzene rings is 3. The molecule has 6 nitrogen and oxygen atoms in total.